The Morgan fingerprint density at radius 3 is 2.55 bits per heavy atom. The van der Waals surface area contributed by atoms with Crippen molar-refractivity contribution in [3.8, 4) is 11.1 Å². The molecule has 0 aliphatic heterocycles. The van der Waals surface area contributed by atoms with Gasteiger partial charge in [0.2, 0.25) is 0 Å². The summed E-state index contributed by atoms with van der Waals surface area (Å²) in [5, 5.41) is 2.86. The van der Waals surface area contributed by atoms with Crippen molar-refractivity contribution in [1.29, 1.82) is 0 Å². The minimum atomic E-state index is -0.267. The summed E-state index contributed by atoms with van der Waals surface area (Å²) in [6, 6.07) is 14.7. The first-order chi connectivity index (χ1) is 9.84. The van der Waals surface area contributed by atoms with Crippen LogP contribution < -0.4 is 5.32 Å². The molecule has 20 heavy (non-hydrogen) atoms. The van der Waals surface area contributed by atoms with Gasteiger partial charge in [-0.1, -0.05) is 18.2 Å². The Bertz CT molecular complexity index is 706. The molecule has 0 unspecified atom stereocenters. The van der Waals surface area contributed by atoms with Crippen LogP contribution in [0.4, 0.5) is 5.69 Å². The molecule has 4 heteroatoms. The maximum Gasteiger partial charge on any atom is 0.291 e. The summed E-state index contributed by atoms with van der Waals surface area (Å²) in [7, 11) is 0. The average molecular weight is 264 g/mol. The number of furan rings is 1. The Morgan fingerprint density at radius 1 is 1.00 bits per heavy atom. The van der Waals surface area contributed by atoms with Crippen molar-refractivity contribution in [2.24, 2.45) is 0 Å². The number of carbonyl (C=O) groups is 1. The maximum absolute atomic E-state index is 12.0. The van der Waals surface area contributed by atoms with Crippen LogP contribution in [0.2, 0.25) is 0 Å². The smallest absolute Gasteiger partial charge is 0.291 e. The zero-order valence-corrected chi connectivity index (χ0v) is 10.6. The Morgan fingerprint density at radius 2 is 1.80 bits per heavy atom. The topological polar surface area (TPSA) is 55.1 Å². The van der Waals surface area contributed by atoms with Gasteiger partial charge in [-0.05, 0) is 35.9 Å². The summed E-state index contributed by atoms with van der Waals surface area (Å²) >= 11 is 0. The second kappa shape index (κ2) is 5.40. The average Bonchev–Trinajstić information content (AvgIpc) is 3.03. The van der Waals surface area contributed by atoms with Gasteiger partial charge in [0.25, 0.3) is 5.91 Å². The van der Waals surface area contributed by atoms with Gasteiger partial charge in [-0.15, -0.1) is 0 Å². The zero-order valence-electron chi connectivity index (χ0n) is 10.6. The fourth-order valence-corrected chi connectivity index (χ4v) is 1.97. The van der Waals surface area contributed by atoms with Crippen molar-refractivity contribution in [2.45, 2.75) is 0 Å². The van der Waals surface area contributed by atoms with Crippen LogP contribution in [-0.4, -0.2) is 10.9 Å². The van der Waals surface area contributed by atoms with E-state index < -0.39 is 0 Å². The van der Waals surface area contributed by atoms with Gasteiger partial charge in [0.1, 0.15) is 0 Å². The van der Waals surface area contributed by atoms with Crippen LogP contribution >= 0.6 is 0 Å². The highest BCUT2D eigenvalue weighted by Crippen LogP contribution is 2.27. The molecule has 1 amide bonds. The van der Waals surface area contributed by atoms with Gasteiger partial charge < -0.3 is 9.73 Å². The number of rotatable bonds is 3. The first kappa shape index (κ1) is 12.2. The van der Waals surface area contributed by atoms with E-state index in [9.17, 15) is 4.79 Å². The fraction of sp³-hybridized carbons (Fsp3) is 0. The number of hydrogen-bond acceptors (Lipinski definition) is 3. The van der Waals surface area contributed by atoms with Crippen LogP contribution in [0.25, 0.3) is 11.1 Å². The van der Waals surface area contributed by atoms with E-state index in [0.29, 0.717) is 0 Å². The molecule has 3 rings (SSSR count). The fourth-order valence-electron chi connectivity index (χ4n) is 1.97. The number of para-hydroxylation sites is 1. The molecule has 0 atom stereocenters. The van der Waals surface area contributed by atoms with E-state index in [0.717, 1.165) is 16.8 Å². The highest BCUT2D eigenvalue weighted by molar-refractivity contribution is 6.04. The van der Waals surface area contributed by atoms with Crippen molar-refractivity contribution < 1.29 is 9.21 Å². The normalized spacial score (nSPS) is 10.2. The lowest BCUT2D eigenvalue weighted by molar-refractivity contribution is 0.0996. The van der Waals surface area contributed by atoms with Gasteiger partial charge in [0.15, 0.2) is 5.76 Å². The molecule has 4 nitrogen and oxygen atoms in total. The van der Waals surface area contributed by atoms with Crippen LogP contribution in [0, 0.1) is 0 Å². The molecule has 0 saturated heterocycles. The van der Waals surface area contributed by atoms with Crippen molar-refractivity contribution in [2.75, 3.05) is 5.32 Å². The third-order valence-corrected chi connectivity index (χ3v) is 2.91. The summed E-state index contributed by atoms with van der Waals surface area (Å²) in [5.41, 5.74) is 2.67. The molecule has 0 radical (unpaired) electrons. The molecule has 1 aromatic carbocycles. The van der Waals surface area contributed by atoms with E-state index in [-0.39, 0.29) is 11.7 Å². The largest absolute Gasteiger partial charge is 0.459 e. The molecule has 0 saturated carbocycles. The maximum atomic E-state index is 12.0. The standard InChI is InChI=1S/C16H12N2O2/c19-16(15-6-3-11-20-15)18-14-5-2-1-4-13(14)12-7-9-17-10-8-12/h1-11H,(H,18,19). The second-order valence-electron chi connectivity index (χ2n) is 4.21. The third kappa shape index (κ3) is 2.44. The van der Waals surface area contributed by atoms with Crippen LogP contribution in [0.1, 0.15) is 10.6 Å². The number of anilines is 1. The van der Waals surface area contributed by atoms with Crippen LogP contribution in [-0.2, 0) is 0 Å². The molecule has 98 valence electrons. The van der Waals surface area contributed by atoms with Gasteiger partial charge >= 0.3 is 0 Å². The Kier molecular flexibility index (Phi) is 3.29. The third-order valence-electron chi connectivity index (χ3n) is 2.91. The van der Waals surface area contributed by atoms with Crippen LogP contribution in [0.5, 0.6) is 0 Å². The number of aromatic nitrogens is 1. The molecule has 2 aromatic heterocycles. The summed E-state index contributed by atoms with van der Waals surface area (Å²) in [4.78, 5) is 16.0. The monoisotopic (exact) mass is 264 g/mol. The highest BCUT2D eigenvalue weighted by atomic mass is 16.3. The van der Waals surface area contributed by atoms with E-state index in [1.165, 1.54) is 6.26 Å². The van der Waals surface area contributed by atoms with Crippen molar-refractivity contribution >= 4 is 11.6 Å². The predicted molar refractivity (Wildman–Crippen MR) is 76.3 cm³/mol. The minimum absolute atomic E-state index is 0.267. The Balaban J connectivity index is 1.93. The Labute approximate surface area is 116 Å². The van der Waals surface area contributed by atoms with Gasteiger partial charge in [0, 0.05) is 23.6 Å². The number of nitrogens with one attached hydrogen (secondary N) is 1. The molecule has 0 bridgehead atoms. The lowest BCUT2D eigenvalue weighted by Crippen LogP contribution is -2.11. The predicted octanol–water partition coefficient (Wildman–Crippen LogP) is 3.59. The molecule has 0 aliphatic carbocycles. The lowest BCUT2D eigenvalue weighted by Gasteiger charge is -2.10. The first-order valence-corrected chi connectivity index (χ1v) is 6.19. The number of hydrogen-bond donors (Lipinski definition) is 1. The molecule has 0 spiro atoms. The SMILES string of the molecule is O=C(Nc1ccccc1-c1ccncc1)c1ccco1. The van der Waals surface area contributed by atoms with E-state index >= 15 is 0 Å². The van der Waals surface area contributed by atoms with E-state index in [4.69, 9.17) is 4.42 Å². The summed E-state index contributed by atoms with van der Waals surface area (Å²) < 4.78 is 5.09. The molecule has 1 N–H and O–H groups in total. The molecule has 2 heterocycles. The Hall–Kier alpha value is -2.88. The molecule has 0 fully saturated rings. The number of nitrogens with zero attached hydrogens (tertiary/aromatic N) is 1. The molecular weight excluding hydrogens is 252 g/mol. The minimum Gasteiger partial charge on any atom is -0.459 e. The van der Waals surface area contributed by atoms with E-state index in [1.807, 2.05) is 36.4 Å². The number of carbonyl (C=O) groups excluding carboxylic acids is 1. The van der Waals surface area contributed by atoms with Crippen LogP contribution in [0.3, 0.4) is 0 Å². The van der Waals surface area contributed by atoms with E-state index in [1.54, 1.807) is 24.5 Å². The van der Waals surface area contributed by atoms with Crippen molar-refractivity contribution in [3.05, 3.63) is 72.9 Å². The quantitative estimate of drug-likeness (QED) is 0.786. The van der Waals surface area contributed by atoms with E-state index in [2.05, 4.69) is 10.3 Å². The lowest BCUT2D eigenvalue weighted by atomic mass is 10.1. The van der Waals surface area contributed by atoms with Gasteiger partial charge in [-0.2, -0.15) is 0 Å². The van der Waals surface area contributed by atoms with Gasteiger partial charge in [-0.25, -0.2) is 0 Å². The van der Waals surface area contributed by atoms with Crippen molar-refractivity contribution in [1.82, 2.24) is 4.98 Å². The second-order valence-corrected chi connectivity index (χ2v) is 4.21. The summed E-state index contributed by atoms with van der Waals surface area (Å²) in [6.07, 6.45) is 4.92. The molecule has 0 aliphatic rings. The van der Waals surface area contributed by atoms with Crippen molar-refractivity contribution in [3.63, 3.8) is 0 Å². The summed E-state index contributed by atoms with van der Waals surface area (Å²) in [5.74, 6) is 0.0195. The molecule has 3 aromatic rings. The van der Waals surface area contributed by atoms with Gasteiger partial charge in [0.05, 0.1) is 6.26 Å². The van der Waals surface area contributed by atoms with Crippen LogP contribution in [0.15, 0.2) is 71.6 Å². The number of pyridine rings is 1. The zero-order chi connectivity index (χ0) is 13.8. The number of benzene rings is 1. The summed E-state index contributed by atoms with van der Waals surface area (Å²) in [6.45, 7) is 0. The van der Waals surface area contributed by atoms with Gasteiger partial charge in [-0.3, -0.25) is 9.78 Å². The highest BCUT2D eigenvalue weighted by Gasteiger charge is 2.11. The number of amides is 1. The first-order valence-electron chi connectivity index (χ1n) is 6.19. The molecular formula is C16H12N2O2.